The smallest absolute Gasteiger partial charge is 0.233 e. The summed E-state index contributed by atoms with van der Waals surface area (Å²) in [6, 6.07) is 9.50. The fourth-order valence-corrected chi connectivity index (χ4v) is 4.76. The van der Waals surface area contributed by atoms with Crippen LogP contribution in [0.3, 0.4) is 0 Å². The van der Waals surface area contributed by atoms with Crippen molar-refractivity contribution in [1.29, 1.82) is 0 Å². The molecule has 1 heterocycles. The zero-order chi connectivity index (χ0) is 17.8. The van der Waals surface area contributed by atoms with E-state index in [1.807, 2.05) is 11.9 Å². The number of hydrogen-bond donors (Lipinski definition) is 2. The maximum atomic E-state index is 13.4. The molecule has 2 saturated carbocycles. The number of hydrazine groups is 1. The van der Waals surface area contributed by atoms with Gasteiger partial charge in [-0.1, -0.05) is 43.7 Å². The van der Waals surface area contributed by atoms with E-state index in [0.29, 0.717) is 12.1 Å². The summed E-state index contributed by atoms with van der Waals surface area (Å²) < 4.78 is 0. The molecule has 1 amide bonds. The van der Waals surface area contributed by atoms with E-state index >= 15 is 0 Å². The molecule has 4 rings (SSSR count). The van der Waals surface area contributed by atoms with Gasteiger partial charge >= 0.3 is 0 Å². The van der Waals surface area contributed by atoms with Gasteiger partial charge in [0.15, 0.2) is 0 Å². The molecule has 3 atom stereocenters. The molecule has 0 bridgehead atoms. The van der Waals surface area contributed by atoms with E-state index in [2.05, 4.69) is 55.9 Å². The minimum Gasteiger partial charge on any atom is -0.343 e. The van der Waals surface area contributed by atoms with Crippen LogP contribution in [0, 0.1) is 18.3 Å². The average Bonchev–Trinajstić information content (AvgIpc) is 3.45. The second-order valence-corrected chi connectivity index (χ2v) is 9.18. The molecule has 2 aliphatic carbocycles. The van der Waals surface area contributed by atoms with Crippen molar-refractivity contribution >= 4 is 5.91 Å². The zero-order valence-corrected chi connectivity index (χ0v) is 15.9. The van der Waals surface area contributed by atoms with Crippen LogP contribution in [0.1, 0.15) is 50.7 Å². The van der Waals surface area contributed by atoms with Crippen LogP contribution in [-0.4, -0.2) is 36.5 Å². The van der Waals surface area contributed by atoms with Crippen LogP contribution < -0.4 is 10.9 Å². The lowest BCUT2D eigenvalue weighted by molar-refractivity contribution is -0.133. The Hall–Kier alpha value is -1.39. The molecule has 0 spiro atoms. The van der Waals surface area contributed by atoms with Crippen molar-refractivity contribution in [3.8, 4) is 0 Å². The molecule has 1 saturated heterocycles. The molecule has 25 heavy (non-hydrogen) atoms. The lowest BCUT2D eigenvalue weighted by atomic mass is 9.86. The second-order valence-electron chi connectivity index (χ2n) is 9.18. The van der Waals surface area contributed by atoms with E-state index in [1.54, 1.807) is 0 Å². The number of carbonyl (C=O) groups is 1. The van der Waals surface area contributed by atoms with E-state index in [1.165, 1.54) is 24.0 Å². The van der Waals surface area contributed by atoms with Gasteiger partial charge in [0, 0.05) is 25.7 Å². The van der Waals surface area contributed by atoms with Crippen molar-refractivity contribution in [2.45, 2.75) is 64.0 Å². The third-order valence-corrected chi connectivity index (χ3v) is 6.69. The number of carbonyl (C=O) groups excluding carboxylic acids is 1. The summed E-state index contributed by atoms with van der Waals surface area (Å²) in [5, 5.41) is 0. The Morgan fingerprint density at radius 1 is 1.20 bits per heavy atom. The van der Waals surface area contributed by atoms with Gasteiger partial charge in [-0.05, 0) is 49.5 Å². The lowest BCUT2D eigenvalue weighted by Gasteiger charge is -2.28. The molecular weight excluding hydrogens is 310 g/mol. The molecule has 0 aromatic heterocycles. The van der Waals surface area contributed by atoms with E-state index in [0.717, 1.165) is 25.3 Å². The minimum atomic E-state index is -0.350. The van der Waals surface area contributed by atoms with Crippen LogP contribution in [0.15, 0.2) is 24.3 Å². The Labute approximate surface area is 151 Å². The average molecular weight is 341 g/mol. The van der Waals surface area contributed by atoms with Gasteiger partial charge < -0.3 is 4.90 Å². The Balaban J connectivity index is 1.47. The number of likely N-dealkylation sites (N-methyl/N-ethyl adjacent to an activating group) is 1. The van der Waals surface area contributed by atoms with Crippen LogP contribution in [0.25, 0.3) is 0 Å². The predicted octanol–water partition coefficient (Wildman–Crippen LogP) is 2.77. The fourth-order valence-electron chi connectivity index (χ4n) is 4.76. The van der Waals surface area contributed by atoms with Crippen LogP contribution in [0.2, 0.25) is 0 Å². The second kappa shape index (κ2) is 5.82. The number of amides is 1. The van der Waals surface area contributed by atoms with Crippen molar-refractivity contribution in [2.24, 2.45) is 11.3 Å². The monoisotopic (exact) mass is 341 g/mol. The minimum absolute atomic E-state index is 0.0332. The van der Waals surface area contributed by atoms with Gasteiger partial charge in [-0.25, -0.2) is 0 Å². The topological polar surface area (TPSA) is 44.4 Å². The van der Waals surface area contributed by atoms with Gasteiger partial charge in [0.05, 0.1) is 5.41 Å². The zero-order valence-electron chi connectivity index (χ0n) is 15.9. The highest BCUT2D eigenvalue weighted by Gasteiger charge is 2.67. The summed E-state index contributed by atoms with van der Waals surface area (Å²) in [6.07, 6.45) is 4.77. The van der Waals surface area contributed by atoms with E-state index in [9.17, 15) is 4.79 Å². The Morgan fingerprint density at radius 2 is 1.84 bits per heavy atom. The van der Waals surface area contributed by atoms with Crippen molar-refractivity contribution in [2.75, 3.05) is 13.6 Å². The Bertz CT molecular complexity index is 664. The summed E-state index contributed by atoms with van der Waals surface area (Å²) in [5.41, 5.74) is 8.94. The lowest BCUT2D eigenvalue weighted by Crippen LogP contribution is -2.46. The molecule has 0 radical (unpaired) electrons. The first-order chi connectivity index (χ1) is 11.8. The van der Waals surface area contributed by atoms with E-state index in [4.69, 9.17) is 0 Å². The summed E-state index contributed by atoms with van der Waals surface area (Å²) in [4.78, 5) is 15.4. The molecule has 3 aliphatic rings. The summed E-state index contributed by atoms with van der Waals surface area (Å²) in [6.45, 7) is 7.31. The highest BCUT2D eigenvalue weighted by atomic mass is 16.2. The Kier molecular flexibility index (Phi) is 3.97. The van der Waals surface area contributed by atoms with Crippen LogP contribution >= 0.6 is 0 Å². The molecule has 3 unspecified atom stereocenters. The first-order valence-corrected chi connectivity index (χ1v) is 9.67. The number of benzene rings is 1. The highest BCUT2D eigenvalue weighted by molar-refractivity contribution is 5.93. The van der Waals surface area contributed by atoms with Crippen LogP contribution in [-0.2, 0) is 10.2 Å². The van der Waals surface area contributed by atoms with E-state index in [-0.39, 0.29) is 16.7 Å². The molecule has 3 fully saturated rings. The largest absolute Gasteiger partial charge is 0.343 e. The number of nitrogens with zero attached hydrogens (tertiary/aromatic N) is 1. The summed E-state index contributed by atoms with van der Waals surface area (Å²) >= 11 is 0. The van der Waals surface area contributed by atoms with E-state index < -0.39 is 0 Å². The van der Waals surface area contributed by atoms with Gasteiger partial charge in [0.25, 0.3) is 0 Å². The summed E-state index contributed by atoms with van der Waals surface area (Å²) in [5.74, 6) is 1.12. The number of aryl methyl sites for hydroxylation is 1. The predicted molar refractivity (Wildman–Crippen MR) is 100 cm³/mol. The normalized spacial score (nSPS) is 33.3. The standard InChI is InChI=1S/C21H31N3O/c1-14-5-9-16(10-6-14)21(13-20(21,2)3)19(25)24(4)12-17-11-18(23-22-17)15-7-8-15/h5-6,9-10,15,17-18,22-23H,7-8,11-13H2,1-4H3. The fraction of sp³-hybridized carbons (Fsp3) is 0.667. The molecule has 4 nitrogen and oxygen atoms in total. The number of nitrogens with one attached hydrogen (secondary N) is 2. The Morgan fingerprint density at radius 3 is 2.40 bits per heavy atom. The molecule has 136 valence electrons. The molecule has 1 aromatic rings. The van der Waals surface area contributed by atoms with Crippen LogP contribution in [0.4, 0.5) is 0 Å². The van der Waals surface area contributed by atoms with Crippen LogP contribution in [0.5, 0.6) is 0 Å². The van der Waals surface area contributed by atoms with Gasteiger partial charge in [0.2, 0.25) is 5.91 Å². The van der Waals surface area contributed by atoms with Gasteiger partial charge in [0.1, 0.15) is 0 Å². The molecule has 1 aliphatic heterocycles. The quantitative estimate of drug-likeness (QED) is 0.865. The summed E-state index contributed by atoms with van der Waals surface area (Å²) in [7, 11) is 1.97. The highest BCUT2D eigenvalue weighted by Crippen LogP contribution is 2.65. The number of hydrogen-bond acceptors (Lipinski definition) is 3. The molecule has 1 aromatic carbocycles. The maximum Gasteiger partial charge on any atom is 0.233 e. The SMILES string of the molecule is Cc1ccc(C2(C(=O)N(C)CC3CC(C4CC4)NN3)CC2(C)C)cc1. The molecule has 2 N–H and O–H groups in total. The van der Waals surface area contributed by atoms with Gasteiger partial charge in [-0.3, -0.25) is 15.6 Å². The third kappa shape index (κ3) is 2.89. The van der Waals surface area contributed by atoms with Crippen molar-refractivity contribution in [3.63, 3.8) is 0 Å². The van der Waals surface area contributed by atoms with Crippen molar-refractivity contribution < 1.29 is 4.79 Å². The van der Waals surface area contributed by atoms with Gasteiger partial charge in [-0.2, -0.15) is 0 Å². The first-order valence-electron chi connectivity index (χ1n) is 9.67. The van der Waals surface area contributed by atoms with Crippen molar-refractivity contribution in [3.05, 3.63) is 35.4 Å². The first kappa shape index (κ1) is 17.0. The maximum absolute atomic E-state index is 13.4. The van der Waals surface area contributed by atoms with Crippen molar-refractivity contribution in [1.82, 2.24) is 15.8 Å². The molecule has 4 heteroatoms. The molecular formula is C21H31N3O. The number of rotatable bonds is 5. The van der Waals surface area contributed by atoms with Gasteiger partial charge in [-0.15, -0.1) is 0 Å². The third-order valence-electron chi connectivity index (χ3n) is 6.69.